The Hall–Kier alpha value is -1.89. The van der Waals surface area contributed by atoms with Gasteiger partial charge in [0.25, 0.3) is 0 Å². The zero-order chi connectivity index (χ0) is 15.2. The first-order chi connectivity index (χ1) is 10.1. The highest BCUT2D eigenvalue weighted by molar-refractivity contribution is 7.99. The first kappa shape index (κ1) is 15.5. The maximum Gasteiger partial charge on any atom is 0.322 e. The molecule has 0 fully saturated rings. The lowest BCUT2D eigenvalue weighted by atomic mass is 10.4. The van der Waals surface area contributed by atoms with Gasteiger partial charge in [0.05, 0.1) is 11.0 Å². The number of nitrogens with zero attached hydrogens (tertiary/aromatic N) is 3. The molecule has 1 heterocycles. The van der Waals surface area contributed by atoms with Gasteiger partial charge in [-0.1, -0.05) is 12.1 Å². The van der Waals surface area contributed by atoms with Crippen LogP contribution in [0.5, 0.6) is 6.01 Å². The third-order valence-electron chi connectivity index (χ3n) is 2.31. The number of halogens is 1. The molecule has 1 N–H and O–H groups in total. The Bertz CT molecular complexity index is 609. The van der Waals surface area contributed by atoms with Gasteiger partial charge in [0, 0.05) is 6.54 Å². The van der Waals surface area contributed by atoms with Crippen molar-refractivity contribution in [3.8, 4) is 6.01 Å². The van der Waals surface area contributed by atoms with E-state index in [0.717, 1.165) is 11.8 Å². The molecule has 2 aromatic rings. The van der Waals surface area contributed by atoms with E-state index in [4.69, 9.17) is 4.74 Å². The summed E-state index contributed by atoms with van der Waals surface area (Å²) in [4.78, 5) is 13.1. The maximum absolute atomic E-state index is 13.7. The van der Waals surface area contributed by atoms with Crippen LogP contribution in [-0.2, 0) is 0 Å². The summed E-state index contributed by atoms with van der Waals surface area (Å²) in [7, 11) is 0. The SMILES string of the molecule is CCNc1nc(OC(C)C)nc(Sc2ccccc2F)n1. The third-order valence-corrected chi connectivity index (χ3v) is 3.22. The van der Waals surface area contributed by atoms with Gasteiger partial charge in [-0.15, -0.1) is 0 Å². The van der Waals surface area contributed by atoms with Crippen molar-refractivity contribution < 1.29 is 9.13 Å². The van der Waals surface area contributed by atoms with Crippen LogP contribution >= 0.6 is 11.8 Å². The van der Waals surface area contributed by atoms with E-state index in [1.807, 2.05) is 20.8 Å². The number of anilines is 1. The van der Waals surface area contributed by atoms with Gasteiger partial charge in [0.2, 0.25) is 11.1 Å². The number of hydrogen-bond donors (Lipinski definition) is 1. The fourth-order valence-electron chi connectivity index (χ4n) is 1.51. The lowest BCUT2D eigenvalue weighted by Crippen LogP contribution is -2.12. The lowest BCUT2D eigenvalue weighted by Gasteiger charge is -2.10. The van der Waals surface area contributed by atoms with E-state index in [1.54, 1.807) is 18.2 Å². The standard InChI is InChI=1S/C14H17FN4OS/c1-4-16-12-17-13(20-9(2)3)19-14(18-12)21-11-8-6-5-7-10(11)15/h5-9H,4H2,1-3H3,(H,16,17,18,19). The molecule has 1 aromatic heterocycles. The summed E-state index contributed by atoms with van der Waals surface area (Å²) in [5, 5.41) is 3.40. The molecule has 0 aliphatic rings. The van der Waals surface area contributed by atoms with Crippen molar-refractivity contribution in [3.63, 3.8) is 0 Å². The van der Waals surface area contributed by atoms with Gasteiger partial charge in [-0.3, -0.25) is 0 Å². The normalized spacial score (nSPS) is 10.7. The van der Waals surface area contributed by atoms with Crippen LogP contribution in [0.3, 0.4) is 0 Å². The van der Waals surface area contributed by atoms with Crippen LogP contribution in [0.4, 0.5) is 10.3 Å². The molecule has 1 aromatic carbocycles. The Morgan fingerprint density at radius 3 is 2.67 bits per heavy atom. The Balaban J connectivity index is 2.29. The minimum Gasteiger partial charge on any atom is -0.461 e. The van der Waals surface area contributed by atoms with Crippen LogP contribution in [0.15, 0.2) is 34.3 Å². The minimum absolute atomic E-state index is 0.0480. The zero-order valence-electron chi connectivity index (χ0n) is 12.1. The Labute approximate surface area is 127 Å². The molecule has 0 bridgehead atoms. The predicted molar refractivity (Wildman–Crippen MR) is 80.3 cm³/mol. The van der Waals surface area contributed by atoms with Crippen LogP contribution in [0.2, 0.25) is 0 Å². The molecular weight excluding hydrogens is 291 g/mol. The molecule has 0 saturated heterocycles. The molecule has 0 radical (unpaired) electrons. The van der Waals surface area contributed by atoms with Crippen LogP contribution in [-0.4, -0.2) is 27.6 Å². The fraction of sp³-hybridized carbons (Fsp3) is 0.357. The lowest BCUT2D eigenvalue weighted by molar-refractivity contribution is 0.219. The summed E-state index contributed by atoms with van der Waals surface area (Å²) in [6.07, 6.45) is -0.0480. The molecule has 0 aliphatic heterocycles. The Morgan fingerprint density at radius 2 is 2.00 bits per heavy atom. The van der Waals surface area contributed by atoms with Gasteiger partial charge in [-0.2, -0.15) is 15.0 Å². The van der Waals surface area contributed by atoms with Crippen molar-refractivity contribution >= 4 is 17.7 Å². The molecule has 0 aliphatic carbocycles. The van der Waals surface area contributed by atoms with Crippen molar-refractivity contribution in [2.24, 2.45) is 0 Å². The van der Waals surface area contributed by atoms with E-state index in [1.165, 1.54) is 6.07 Å². The largest absolute Gasteiger partial charge is 0.461 e. The van der Waals surface area contributed by atoms with Crippen molar-refractivity contribution in [2.45, 2.75) is 36.9 Å². The van der Waals surface area contributed by atoms with Crippen molar-refractivity contribution in [2.75, 3.05) is 11.9 Å². The van der Waals surface area contributed by atoms with Gasteiger partial charge in [-0.25, -0.2) is 4.39 Å². The van der Waals surface area contributed by atoms with Gasteiger partial charge < -0.3 is 10.1 Å². The van der Waals surface area contributed by atoms with Gasteiger partial charge in [0.15, 0.2) is 0 Å². The smallest absolute Gasteiger partial charge is 0.322 e. The molecule has 7 heteroatoms. The number of nitrogens with one attached hydrogen (secondary N) is 1. The van der Waals surface area contributed by atoms with E-state index < -0.39 is 0 Å². The highest BCUT2D eigenvalue weighted by atomic mass is 32.2. The molecule has 0 spiro atoms. The average Bonchev–Trinajstić information content (AvgIpc) is 2.41. The van der Waals surface area contributed by atoms with E-state index in [0.29, 0.717) is 22.5 Å². The summed E-state index contributed by atoms with van der Waals surface area (Å²) < 4.78 is 19.2. The number of hydrogen-bond acceptors (Lipinski definition) is 6. The van der Waals surface area contributed by atoms with E-state index in [2.05, 4.69) is 20.3 Å². The molecule has 0 atom stereocenters. The average molecular weight is 308 g/mol. The number of benzene rings is 1. The fourth-order valence-corrected chi connectivity index (χ4v) is 2.27. The van der Waals surface area contributed by atoms with E-state index in [-0.39, 0.29) is 17.9 Å². The third kappa shape index (κ3) is 4.56. The molecular formula is C14H17FN4OS. The summed E-state index contributed by atoms with van der Waals surface area (Å²) in [5.41, 5.74) is 0. The van der Waals surface area contributed by atoms with Gasteiger partial charge in [-0.05, 0) is 44.7 Å². The summed E-state index contributed by atoms with van der Waals surface area (Å²) in [6, 6.07) is 6.72. The maximum atomic E-state index is 13.7. The molecule has 2 rings (SSSR count). The van der Waals surface area contributed by atoms with Crippen LogP contribution in [0.1, 0.15) is 20.8 Å². The number of aromatic nitrogens is 3. The van der Waals surface area contributed by atoms with E-state index >= 15 is 0 Å². The molecule has 21 heavy (non-hydrogen) atoms. The molecule has 0 saturated carbocycles. The minimum atomic E-state index is -0.306. The highest BCUT2D eigenvalue weighted by Crippen LogP contribution is 2.28. The zero-order valence-corrected chi connectivity index (χ0v) is 12.9. The van der Waals surface area contributed by atoms with Crippen LogP contribution in [0, 0.1) is 5.82 Å². The predicted octanol–water partition coefficient (Wildman–Crippen LogP) is 3.38. The second-order valence-electron chi connectivity index (χ2n) is 4.45. The second kappa shape index (κ2) is 7.21. The Morgan fingerprint density at radius 1 is 1.24 bits per heavy atom. The monoisotopic (exact) mass is 308 g/mol. The molecule has 0 amide bonds. The molecule has 112 valence electrons. The second-order valence-corrected chi connectivity index (χ2v) is 5.46. The molecule has 5 nitrogen and oxygen atoms in total. The van der Waals surface area contributed by atoms with Crippen molar-refractivity contribution in [3.05, 3.63) is 30.1 Å². The van der Waals surface area contributed by atoms with Crippen LogP contribution in [0.25, 0.3) is 0 Å². The first-order valence-corrected chi connectivity index (χ1v) is 7.49. The number of ether oxygens (including phenoxy) is 1. The van der Waals surface area contributed by atoms with Crippen molar-refractivity contribution in [1.29, 1.82) is 0 Å². The van der Waals surface area contributed by atoms with Crippen LogP contribution < -0.4 is 10.1 Å². The van der Waals surface area contributed by atoms with Gasteiger partial charge in [0.1, 0.15) is 5.82 Å². The van der Waals surface area contributed by atoms with E-state index in [9.17, 15) is 4.39 Å². The summed E-state index contributed by atoms with van der Waals surface area (Å²) >= 11 is 1.14. The van der Waals surface area contributed by atoms with Crippen molar-refractivity contribution in [1.82, 2.24) is 15.0 Å². The Kier molecular flexibility index (Phi) is 5.32. The highest BCUT2D eigenvalue weighted by Gasteiger charge is 2.11. The summed E-state index contributed by atoms with van der Waals surface area (Å²) in [5.74, 6) is 0.112. The van der Waals surface area contributed by atoms with Gasteiger partial charge >= 0.3 is 6.01 Å². The topological polar surface area (TPSA) is 59.9 Å². The number of rotatable bonds is 6. The first-order valence-electron chi connectivity index (χ1n) is 6.67. The summed E-state index contributed by atoms with van der Waals surface area (Å²) in [6.45, 7) is 6.40. The molecule has 0 unspecified atom stereocenters. The quantitative estimate of drug-likeness (QED) is 0.883.